The Hall–Kier alpha value is -4.34. The first kappa shape index (κ1) is 22.8. The van der Waals surface area contributed by atoms with Crippen molar-refractivity contribution in [2.45, 2.75) is 19.3 Å². The van der Waals surface area contributed by atoms with E-state index in [-0.39, 0.29) is 18.1 Å². The normalized spacial score (nSPS) is 11.4. The van der Waals surface area contributed by atoms with Crippen LogP contribution in [0.3, 0.4) is 0 Å². The van der Waals surface area contributed by atoms with E-state index in [0.29, 0.717) is 16.6 Å². The number of hydrogen-bond acceptors (Lipinski definition) is 5. The summed E-state index contributed by atoms with van der Waals surface area (Å²) in [5.74, 6) is -1.92. The lowest BCUT2D eigenvalue weighted by atomic mass is 10.0. The fourth-order valence-electron chi connectivity index (χ4n) is 3.48. The minimum absolute atomic E-state index is 0.170. The Morgan fingerprint density at radius 3 is 2.32 bits per heavy atom. The third kappa shape index (κ3) is 5.01. The molecule has 1 heterocycles. The molecule has 3 aromatic carbocycles. The first-order valence-corrected chi connectivity index (χ1v) is 9.99. The van der Waals surface area contributed by atoms with Crippen LogP contribution in [0.4, 0.5) is 18.0 Å². The van der Waals surface area contributed by atoms with E-state index in [2.05, 4.69) is 9.72 Å². The van der Waals surface area contributed by atoms with Gasteiger partial charge >= 0.3 is 18.3 Å². The first-order chi connectivity index (χ1) is 16.2. The van der Waals surface area contributed by atoms with Gasteiger partial charge in [0.1, 0.15) is 18.2 Å². The summed E-state index contributed by atoms with van der Waals surface area (Å²) in [6.07, 6.45) is -6.51. The summed E-state index contributed by atoms with van der Waals surface area (Å²) >= 11 is 0. The SMILES string of the molecule is O=C(O)Oc1ccccc1-c1ccc(Cn2c(COC(=O)C(F)(F)F)nc3ccccc32)cc1. The molecule has 1 aromatic heterocycles. The second-order valence-corrected chi connectivity index (χ2v) is 7.24. The van der Waals surface area contributed by atoms with Gasteiger partial charge in [-0.3, -0.25) is 0 Å². The third-order valence-corrected chi connectivity index (χ3v) is 4.99. The zero-order valence-electron chi connectivity index (χ0n) is 17.5. The molecule has 0 aliphatic carbocycles. The third-order valence-electron chi connectivity index (χ3n) is 4.99. The van der Waals surface area contributed by atoms with Crippen LogP contribution in [0.1, 0.15) is 11.4 Å². The van der Waals surface area contributed by atoms with Gasteiger partial charge in [0, 0.05) is 12.1 Å². The molecule has 0 saturated carbocycles. The summed E-state index contributed by atoms with van der Waals surface area (Å²) < 4.78 is 48.5. The number of aromatic nitrogens is 2. The molecule has 0 bridgehead atoms. The van der Waals surface area contributed by atoms with Crippen LogP contribution in [0.2, 0.25) is 0 Å². The van der Waals surface area contributed by atoms with Crippen molar-refractivity contribution in [1.82, 2.24) is 9.55 Å². The molecule has 10 heteroatoms. The Balaban J connectivity index is 1.61. The van der Waals surface area contributed by atoms with Crippen LogP contribution in [0.5, 0.6) is 5.75 Å². The summed E-state index contributed by atoms with van der Waals surface area (Å²) in [7, 11) is 0. The number of nitrogens with zero attached hydrogens (tertiary/aromatic N) is 2. The molecule has 0 unspecified atom stereocenters. The van der Waals surface area contributed by atoms with Crippen LogP contribution in [0, 0.1) is 0 Å². The van der Waals surface area contributed by atoms with E-state index in [0.717, 1.165) is 11.1 Å². The number of hydrogen-bond donors (Lipinski definition) is 1. The Bertz CT molecular complexity index is 1350. The maximum Gasteiger partial charge on any atom is 0.511 e. The van der Waals surface area contributed by atoms with Gasteiger partial charge < -0.3 is 19.1 Å². The lowest BCUT2D eigenvalue weighted by Gasteiger charge is -2.12. The largest absolute Gasteiger partial charge is 0.511 e. The summed E-state index contributed by atoms with van der Waals surface area (Å²) in [6.45, 7) is -0.377. The van der Waals surface area contributed by atoms with E-state index in [4.69, 9.17) is 9.84 Å². The maximum absolute atomic E-state index is 12.5. The van der Waals surface area contributed by atoms with E-state index < -0.39 is 24.9 Å². The molecule has 0 amide bonds. The maximum atomic E-state index is 12.5. The highest BCUT2D eigenvalue weighted by Crippen LogP contribution is 2.30. The van der Waals surface area contributed by atoms with Gasteiger partial charge in [0.25, 0.3) is 0 Å². The van der Waals surface area contributed by atoms with Crippen LogP contribution in [-0.2, 0) is 22.7 Å². The van der Waals surface area contributed by atoms with Crippen molar-refractivity contribution in [1.29, 1.82) is 0 Å². The Morgan fingerprint density at radius 2 is 1.62 bits per heavy atom. The van der Waals surface area contributed by atoms with E-state index in [1.807, 2.05) is 0 Å². The monoisotopic (exact) mass is 470 g/mol. The zero-order chi connectivity index (χ0) is 24.3. The first-order valence-electron chi connectivity index (χ1n) is 9.99. The smallest absolute Gasteiger partial charge is 0.451 e. The number of carbonyl (C=O) groups excluding carboxylic acids is 1. The number of esters is 1. The number of halogens is 3. The Morgan fingerprint density at radius 1 is 0.941 bits per heavy atom. The van der Waals surface area contributed by atoms with Gasteiger partial charge in [0.15, 0.2) is 0 Å². The number of carboxylic acid groups (broad SMARTS) is 1. The minimum Gasteiger partial charge on any atom is -0.451 e. The van der Waals surface area contributed by atoms with Crippen molar-refractivity contribution in [3.8, 4) is 16.9 Å². The highest BCUT2D eigenvalue weighted by Gasteiger charge is 2.41. The quantitative estimate of drug-likeness (QED) is 0.299. The van der Waals surface area contributed by atoms with Crippen molar-refractivity contribution in [2.24, 2.45) is 0 Å². The molecule has 0 fully saturated rings. The summed E-state index contributed by atoms with van der Waals surface area (Å²) in [5.41, 5.74) is 3.33. The van der Waals surface area contributed by atoms with E-state index in [1.165, 1.54) is 0 Å². The zero-order valence-corrected chi connectivity index (χ0v) is 17.5. The highest BCUT2D eigenvalue weighted by atomic mass is 19.4. The van der Waals surface area contributed by atoms with Crippen molar-refractivity contribution in [2.75, 3.05) is 0 Å². The molecule has 34 heavy (non-hydrogen) atoms. The van der Waals surface area contributed by atoms with Gasteiger partial charge in [0.2, 0.25) is 0 Å². The minimum atomic E-state index is -5.09. The topological polar surface area (TPSA) is 90.6 Å². The second-order valence-electron chi connectivity index (χ2n) is 7.24. The fourth-order valence-corrected chi connectivity index (χ4v) is 3.48. The molecule has 4 rings (SSSR count). The summed E-state index contributed by atoms with van der Waals surface area (Å²) in [4.78, 5) is 26.4. The average molecular weight is 470 g/mol. The van der Waals surface area contributed by atoms with Crippen LogP contribution < -0.4 is 4.74 Å². The van der Waals surface area contributed by atoms with Crippen molar-refractivity contribution in [3.05, 3.63) is 84.2 Å². The number of fused-ring (bicyclic) bond motifs is 1. The molecule has 1 N–H and O–H groups in total. The number of ether oxygens (including phenoxy) is 2. The van der Waals surface area contributed by atoms with Crippen LogP contribution in [0.25, 0.3) is 22.2 Å². The van der Waals surface area contributed by atoms with Crippen molar-refractivity contribution < 1.29 is 37.3 Å². The standard InChI is InChI=1S/C24H17F3N2O5/c25-24(26,27)22(30)33-14-21-28-18-6-2-3-7-19(18)29(21)13-15-9-11-16(12-10-15)17-5-1-4-8-20(17)34-23(31)32/h1-12H,13-14H2,(H,31,32). The van der Waals surface area contributed by atoms with Crippen LogP contribution in [0.15, 0.2) is 72.8 Å². The van der Waals surface area contributed by atoms with Crippen LogP contribution >= 0.6 is 0 Å². The predicted octanol–water partition coefficient (Wildman–Crippen LogP) is 5.41. The Kier molecular flexibility index (Phi) is 6.22. The highest BCUT2D eigenvalue weighted by molar-refractivity contribution is 5.77. The molecule has 0 radical (unpaired) electrons. The average Bonchev–Trinajstić information content (AvgIpc) is 3.15. The van der Waals surface area contributed by atoms with E-state index in [1.54, 1.807) is 77.4 Å². The second kappa shape index (κ2) is 9.26. The van der Waals surface area contributed by atoms with E-state index in [9.17, 15) is 22.8 Å². The van der Waals surface area contributed by atoms with Gasteiger partial charge in [-0.2, -0.15) is 13.2 Å². The van der Waals surface area contributed by atoms with E-state index >= 15 is 0 Å². The molecular weight excluding hydrogens is 453 g/mol. The van der Waals surface area contributed by atoms with Gasteiger partial charge in [-0.1, -0.05) is 54.6 Å². The van der Waals surface area contributed by atoms with Gasteiger partial charge in [0.05, 0.1) is 11.0 Å². The van der Waals surface area contributed by atoms with Crippen LogP contribution in [-0.4, -0.2) is 33.0 Å². The molecule has 4 aromatic rings. The molecule has 0 saturated heterocycles. The van der Waals surface area contributed by atoms with Gasteiger partial charge in [-0.05, 0) is 29.3 Å². The van der Waals surface area contributed by atoms with Gasteiger partial charge in [-0.15, -0.1) is 0 Å². The van der Waals surface area contributed by atoms with Crippen molar-refractivity contribution >= 4 is 23.2 Å². The number of rotatable bonds is 6. The predicted molar refractivity (Wildman–Crippen MR) is 115 cm³/mol. The lowest BCUT2D eigenvalue weighted by Crippen LogP contribution is -2.25. The number of imidazole rings is 1. The Labute approximate surface area is 191 Å². The molecule has 0 atom stereocenters. The number of benzene rings is 3. The lowest BCUT2D eigenvalue weighted by molar-refractivity contribution is -0.201. The van der Waals surface area contributed by atoms with Crippen molar-refractivity contribution in [3.63, 3.8) is 0 Å². The molecule has 0 aliphatic rings. The number of carbonyl (C=O) groups is 2. The summed E-state index contributed by atoms with van der Waals surface area (Å²) in [6, 6.07) is 20.8. The summed E-state index contributed by atoms with van der Waals surface area (Å²) in [5, 5.41) is 8.94. The molecule has 0 spiro atoms. The molecule has 174 valence electrons. The number of para-hydroxylation sites is 3. The number of alkyl halides is 3. The molecule has 7 nitrogen and oxygen atoms in total. The molecular formula is C24H17F3N2O5. The van der Waals surface area contributed by atoms with Gasteiger partial charge in [-0.25, -0.2) is 14.6 Å². The fraction of sp³-hybridized carbons (Fsp3) is 0.125. The molecule has 0 aliphatic heterocycles.